The van der Waals surface area contributed by atoms with Crippen LogP contribution in [0.15, 0.2) is 24.3 Å². The van der Waals surface area contributed by atoms with Gasteiger partial charge in [0.2, 0.25) is 11.8 Å². The third-order valence-electron chi connectivity index (χ3n) is 6.20. The van der Waals surface area contributed by atoms with Crippen molar-refractivity contribution < 1.29 is 14.4 Å². The Labute approximate surface area is 154 Å². The van der Waals surface area contributed by atoms with E-state index in [2.05, 4.69) is 4.90 Å². The fourth-order valence-corrected chi connectivity index (χ4v) is 4.78. The van der Waals surface area contributed by atoms with E-state index in [1.165, 1.54) is 30.6 Å². The third-order valence-corrected chi connectivity index (χ3v) is 6.20. The smallest absolute Gasteiger partial charge is 0.254 e. The molecule has 3 amide bonds. The molecule has 0 unspecified atom stereocenters. The molecule has 1 aliphatic carbocycles. The van der Waals surface area contributed by atoms with E-state index in [4.69, 9.17) is 0 Å². The number of hydrogen-bond acceptors (Lipinski definition) is 3. The molecule has 2 heterocycles. The summed E-state index contributed by atoms with van der Waals surface area (Å²) >= 11 is 0. The first kappa shape index (κ1) is 17.3. The number of likely N-dealkylation sites (tertiary alicyclic amines) is 2. The highest BCUT2D eigenvalue weighted by Crippen LogP contribution is 2.36. The molecule has 0 spiro atoms. The van der Waals surface area contributed by atoms with E-state index >= 15 is 0 Å². The molecule has 0 N–H and O–H groups in total. The van der Waals surface area contributed by atoms with Crippen LogP contribution in [-0.4, -0.2) is 40.1 Å². The molecule has 2 saturated heterocycles. The lowest BCUT2D eigenvalue weighted by atomic mass is 9.78. The topological polar surface area (TPSA) is 57.7 Å². The van der Waals surface area contributed by atoms with Crippen LogP contribution >= 0.6 is 0 Å². The Morgan fingerprint density at radius 2 is 1.58 bits per heavy atom. The maximum Gasteiger partial charge on any atom is 0.254 e. The van der Waals surface area contributed by atoms with Crippen molar-refractivity contribution in [2.24, 2.45) is 5.92 Å². The van der Waals surface area contributed by atoms with Crippen LogP contribution in [0.25, 0.3) is 0 Å². The average molecular weight is 354 g/mol. The summed E-state index contributed by atoms with van der Waals surface area (Å²) in [6, 6.07) is 7.83. The Balaban J connectivity index is 1.45. The van der Waals surface area contributed by atoms with Gasteiger partial charge in [0.25, 0.3) is 5.91 Å². The molecule has 2 atom stereocenters. The van der Waals surface area contributed by atoms with Crippen LogP contribution in [0.2, 0.25) is 0 Å². The standard InChI is InChI=1S/C21H26N2O3/c24-19-11-12-20(25)23(19)14-15-7-9-17(10-8-15)21(26)22-13-3-5-16-4-1-2-6-18(16)22/h7-10,16,18H,1-6,11-14H2/t16-,18+/m0/s1. The second-order valence-electron chi connectivity index (χ2n) is 7.82. The normalized spacial score (nSPS) is 26.2. The monoisotopic (exact) mass is 354 g/mol. The number of hydrogen-bond donors (Lipinski definition) is 0. The molecule has 5 heteroatoms. The molecule has 2 aliphatic heterocycles. The fourth-order valence-electron chi connectivity index (χ4n) is 4.78. The summed E-state index contributed by atoms with van der Waals surface area (Å²) in [5, 5.41) is 0. The number of piperidine rings is 1. The highest BCUT2D eigenvalue weighted by molar-refractivity contribution is 6.01. The van der Waals surface area contributed by atoms with Crippen LogP contribution < -0.4 is 0 Å². The minimum Gasteiger partial charge on any atom is -0.335 e. The first-order chi connectivity index (χ1) is 12.6. The van der Waals surface area contributed by atoms with Crippen LogP contribution in [0.4, 0.5) is 0 Å². The number of carbonyl (C=O) groups is 3. The lowest BCUT2D eigenvalue weighted by Gasteiger charge is -2.44. The summed E-state index contributed by atoms with van der Waals surface area (Å²) in [6.45, 7) is 1.17. The maximum absolute atomic E-state index is 13.0. The molecular formula is C21H26N2O3. The van der Waals surface area contributed by atoms with Gasteiger partial charge in [0, 0.05) is 31.0 Å². The quantitative estimate of drug-likeness (QED) is 0.784. The van der Waals surface area contributed by atoms with E-state index in [1.807, 2.05) is 24.3 Å². The van der Waals surface area contributed by atoms with Gasteiger partial charge in [-0.2, -0.15) is 0 Å². The minimum absolute atomic E-state index is 0.105. The van der Waals surface area contributed by atoms with Crippen LogP contribution in [0.1, 0.15) is 67.3 Å². The van der Waals surface area contributed by atoms with Crippen molar-refractivity contribution in [1.82, 2.24) is 9.80 Å². The van der Waals surface area contributed by atoms with Gasteiger partial charge in [-0.3, -0.25) is 19.3 Å². The van der Waals surface area contributed by atoms with Gasteiger partial charge < -0.3 is 4.90 Å². The minimum atomic E-state index is -0.105. The number of amides is 3. The van der Waals surface area contributed by atoms with Crippen molar-refractivity contribution >= 4 is 17.7 Å². The number of carbonyl (C=O) groups excluding carboxylic acids is 3. The van der Waals surface area contributed by atoms with Gasteiger partial charge in [-0.15, -0.1) is 0 Å². The zero-order valence-electron chi connectivity index (χ0n) is 15.2. The third kappa shape index (κ3) is 3.27. The van der Waals surface area contributed by atoms with Gasteiger partial charge in [0.1, 0.15) is 0 Å². The summed E-state index contributed by atoms with van der Waals surface area (Å²) in [6.07, 6.45) is 7.89. The summed E-state index contributed by atoms with van der Waals surface area (Å²) < 4.78 is 0. The van der Waals surface area contributed by atoms with Gasteiger partial charge in [-0.05, 0) is 49.3 Å². The van der Waals surface area contributed by atoms with Crippen LogP contribution in [0.5, 0.6) is 0 Å². The molecule has 1 aromatic rings. The molecule has 3 fully saturated rings. The molecule has 5 nitrogen and oxygen atoms in total. The van der Waals surface area contributed by atoms with E-state index in [0.717, 1.165) is 24.9 Å². The van der Waals surface area contributed by atoms with E-state index in [0.29, 0.717) is 36.9 Å². The van der Waals surface area contributed by atoms with E-state index < -0.39 is 0 Å². The molecule has 0 bridgehead atoms. The molecule has 0 aromatic heterocycles. The van der Waals surface area contributed by atoms with Gasteiger partial charge in [0.05, 0.1) is 6.54 Å². The first-order valence-corrected chi connectivity index (χ1v) is 9.86. The highest BCUT2D eigenvalue weighted by Gasteiger charge is 2.36. The Morgan fingerprint density at radius 1 is 0.923 bits per heavy atom. The molecule has 3 aliphatic rings. The second-order valence-corrected chi connectivity index (χ2v) is 7.82. The summed E-state index contributed by atoms with van der Waals surface area (Å²) in [5.74, 6) is 0.591. The second kappa shape index (κ2) is 7.22. The Hall–Kier alpha value is -2.17. The molecule has 0 radical (unpaired) electrons. The average Bonchev–Trinajstić information content (AvgIpc) is 2.99. The molecule has 1 saturated carbocycles. The van der Waals surface area contributed by atoms with Gasteiger partial charge in [-0.25, -0.2) is 0 Å². The van der Waals surface area contributed by atoms with Crippen molar-refractivity contribution in [3.8, 4) is 0 Å². The van der Waals surface area contributed by atoms with Crippen molar-refractivity contribution in [3.05, 3.63) is 35.4 Å². The van der Waals surface area contributed by atoms with Crippen LogP contribution in [0.3, 0.4) is 0 Å². The number of imide groups is 1. The van der Waals surface area contributed by atoms with E-state index in [1.54, 1.807) is 0 Å². The van der Waals surface area contributed by atoms with Gasteiger partial charge >= 0.3 is 0 Å². The number of fused-ring (bicyclic) bond motifs is 1. The number of nitrogens with zero attached hydrogens (tertiary/aromatic N) is 2. The van der Waals surface area contributed by atoms with Crippen molar-refractivity contribution in [3.63, 3.8) is 0 Å². The molecule has 26 heavy (non-hydrogen) atoms. The predicted octanol–water partition coefficient (Wildman–Crippen LogP) is 3.13. The van der Waals surface area contributed by atoms with Crippen molar-refractivity contribution in [2.45, 2.75) is 64.0 Å². The molecule has 138 valence electrons. The fraction of sp³-hybridized carbons (Fsp3) is 0.571. The van der Waals surface area contributed by atoms with Crippen molar-refractivity contribution in [2.75, 3.05) is 6.54 Å². The maximum atomic E-state index is 13.0. The lowest BCUT2D eigenvalue weighted by molar-refractivity contribution is -0.139. The zero-order valence-corrected chi connectivity index (χ0v) is 15.2. The largest absolute Gasteiger partial charge is 0.335 e. The van der Waals surface area contributed by atoms with Gasteiger partial charge in [0.15, 0.2) is 0 Å². The number of rotatable bonds is 3. The Morgan fingerprint density at radius 3 is 2.31 bits per heavy atom. The van der Waals surface area contributed by atoms with Crippen molar-refractivity contribution in [1.29, 1.82) is 0 Å². The summed E-state index contributed by atoms with van der Waals surface area (Å²) in [5.41, 5.74) is 1.60. The molecule has 1 aromatic carbocycles. The predicted molar refractivity (Wildman–Crippen MR) is 97.2 cm³/mol. The van der Waals surface area contributed by atoms with Crippen LogP contribution in [-0.2, 0) is 16.1 Å². The first-order valence-electron chi connectivity index (χ1n) is 9.86. The van der Waals surface area contributed by atoms with E-state index in [-0.39, 0.29) is 17.7 Å². The Bertz CT molecular complexity index is 694. The molecular weight excluding hydrogens is 328 g/mol. The summed E-state index contributed by atoms with van der Waals surface area (Å²) in [4.78, 5) is 39.9. The summed E-state index contributed by atoms with van der Waals surface area (Å²) in [7, 11) is 0. The SMILES string of the molecule is O=C1CCC(=O)N1Cc1ccc(C(=O)N2CCC[C@@H]3CCCC[C@H]32)cc1. The lowest BCUT2D eigenvalue weighted by Crippen LogP contribution is -2.49. The van der Waals surface area contributed by atoms with Gasteiger partial charge in [-0.1, -0.05) is 25.0 Å². The van der Waals surface area contributed by atoms with E-state index in [9.17, 15) is 14.4 Å². The Kier molecular flexibility index (Phi) is 4.79. The number of benzene rings is 1. The molecule has 4 rings (SSSR count). The van der Waals surface area contributed by atoms with Crippen LogP contribution in [0, 0.1) is 5.92 Å². The highest BCUT2D eigenvalue weighted by atomic mass is 16.2. The zero-order chi connectivity index (χ0) is 18.1.